The first-order valence-electron chi connectivity index (χ1n) is 15.6. The molecule has 0 spiro atoms. The van der Waals surface area contributed by atoms with E-state index >= 15 is 0 Å². The van der Waals surface area contributed by atoms with Crippen molar-refractivity contribution in [2.45, 2.75) is 57.3 Å². The molecule has 1 fully saturated rings. The molecule has 14 nitrogen and oxygen atoms in total. The lowest BCUT2D eigenvalue weighted by atomic mass is 10.0. The Kier molecular flexibility index (Phi) is 11.0. The van der Waals surface area contributed by atoms with Crippen LogP contribution in [0.15, 0.2) is 71.3 Å². The number of aromatic nitrogens is 1. The number of carbonyl (C=O) groups excluding carboxylic acids is 4. The lowest BCUT2D eigenvalue weighted by molar-refractivity contribution is -0.132. The van der Waals surface area contributed by atoms with Gasteiger partial charge in [0.1, 0.15) is 18.1 Å². The van der Waals surface area contributed by atoms with Gasteiger partial charge in [-0.2, -0.15) is 17.0 Å². The summed E-state index contributed by atoms with van der Waals surface area (Å²) in [5, 5.41) is 14.6. The minimum Gasteiger partial charge on any atom is -0.359 e. The summed E-state index contributed by atoms with van der Waals surface area (Å²) in [4.78, 5) is 53.7. The van der Waals surface area contributed by atoms with Gasteiger partial charge in [0.05, 0.1) is 6.54 Å². The van der Waals surface area contributed by atoms with E-state index in [4.69, 9.17) is 4.52 Å². The normalized spacial score (nSPS) is 22.8. The molecule has 2 aliphatic heterocycles. The van der Waals surface area contributed by atoms with Gasteiger partial charge in [0.2, 0.25) is 17.7 Å². The van der Waals surface area contributed by atoms with Crippen molar-refractivity contribution < 1.29 is 32.1 Å². The van der Waals surface area contributed by atoms with Crippen molar-refractivity contribution in [3.63, 3.8) is 0 Å². The highest BCUT2D eigenvalue weighted by Gasteiger charge is 2.34. The number of fused-ring (bicyclic) bond motifs is 2. The topological polar surface area (TPSA) is 183 Å². The fraction of sp³-hybridized carbons (Fsp3) is 0.406. The molecule has 2 bridgehead atoms. The smallest absolute Gasteiger partial charge is 0.282 e. The third-order valence-corrected chi connectivity index (χ3v) is 10.1. The Morgan fingerprint density at radius 3 is 1.96 bits per heavy atom. The first-order valence-corrected chi connectivity index (χ1v) is 17.0. The molecule has 2 aliphatic rings. The SMILES string of the molecule is C[C@@H]1NC(=O)c2cc(on2)CN(S(=O)(=O)N2CCCC2)CCNC(=O)[C@@H](Cc2ccccc2)NC(=O)[C@H](Cc2ccccc2)NC1=O. The van der Waals surface area contributed by atoms with Crippen LogP contribution < -0.4 is 21.3 Å². The molecule has 15 heteroatoms. The maximum atomic E-state index is 13.8. The lowest BCUT2D eigenvalue weighted by Gasteiger charge is -2.27. The Labute approximate surface area is 273 Å². The van der Waals surface area contributed by atoms with E-state index in [-0.39, 0.29) is 43.9 Å². The summed E-state index contributed by atoms with van der Waals surface area (Å²) in [6, 6.07) is 16.3. The zero-order valence-corrected chi connectivity index (χ0v) is 26.9. The second-order valence-electron chi connectivity index (χ2n) is 11.6. The van der Waals surface area contributed by atoms with Gasteiger partial charge in [-0.05, 0) is 30.9 Å². The first-order chi connectivity index (χ1) is 22.6. The highest BCUT2D eigenvalue weighted by Crippen LogP contribution is 2.19. The average Bonchev–Trinajstić information content (AvgIpc) is 3.78. The largest absolute Gasteiger partial charge is 0.359 e. The highest BCUT2D eigenvalue weighted by atomic mass is 32.2. The van der Waals surface area contributed by atoms with Gasteiger partial charge in [-0.25, -0.2) is 0 Å². The molecule has 3 aromatic rings. The van der Waals surface area contributed by atoms with Crippen LogP contribution in [0.2, 0.25) is 0 Å². The number of nitrogens with one attached hydrogen (secondary N) is 4. The molecule has 0 radical (unpaired) electrons. The van der Waals surface area contributed by atoms with Gasteiger partial charge in [0.15, 0.2) is 11.5 Å². The standard InChI is InChI=1S/C32H39N7O7S/c1-22-29(40)35-27(19-24-12-6-3-7-13-24)31(42)36-26(18-23-10-4-2-5-11-23)30(41)33-14-17-39(47(44,45)38-15-8-9-16-38)21-25-20-28(37-46-25)32(43)34-22/h2-7,10-13,20,22,26-27H,8-9,14-19,21H2,1H3,(H,33,41)(H,34,43)(H,35,40)(H,36,42)/t22-,26+,27-/m0/s1. The van der Waals surface area contributed by atoms with E-state index in [9.17, 15) is 27.6 Å². The Bertz CT molecular complexity index is 1660. The van der Waals surface area contributed by atoms with E-state index in [1.807, 2.05) is 60.7 Å². The first kappa shape index (κ1) is 33.8. The average molecular weight is 666 g/mol. The van der Waals surface area contributed by atoms with Crippen LogP contribution in [-0.2, 0) is 44.0 Å². The van der Waals surface area contributed by atoms with Crippen molar-refractivity contribution in [1.29, 1.82) is 0 Å². The molecule has 1 aromatic heterocycles. The predicted molar refractivity (Wildman–Crippen MR) is 171 cm³/mol. The minimum absolute atomic E-state index is 0.0732. The van der Waals surface area contributed by atoms with Gasteiger partial charge in [-0.15, -0.1) is 0 Å². The van der Waals surface area contributed by atoms with Gasteiger partial charge >= 0.3 is 0 Å². The van der Waals surface area contributed by atoms with Crippen molar-refractivity contribution >= 4 is 33.8 Å². The van der Waals surface area contributed by atoms with Gasteiger partial charge in [0.25, 0.3) is 16.1 Å². The minimum atomic E-state index is -3.95. The van der Waals surface area contributed by atoms with Crippen LogP contribution in [0.4, 0.5) is 0 Å². The summed E-state index contributed by atoms with van der Waals surface area (Å²) in [5.74, 6) is -2.35. The van der Waals surface area contributed by atoms with Gasteiger partial charge in [-0.1, -0.05) is 65.8 Å². The molecule has 3 heterocycles. The summed E-state index contributed by atoms with van der Waals surface area (Å²) < 4.78 is 35.0. The third-order valence-electron chi connectivity index (χ3n) is 8.07. The Hall–Kier alpha value is -4.60. The molecule has 4 amide bonds. The van der Waals surface area contributed by atoms with Crippen LogP contribution >= 0.6 is 0 Å². The van der Waals surface area contributed by atoms with Crippen LogP contribution in [0.1, 0.15) is 47.1 Å². The zero-order valence-electron chi connectivity index (χ0n) is 26.1. The van der Waals surface area contributed by atoms with E-state index in [2.05, 4.69) is 26.4 Å². The molecule has 250 valence electrons. The summed E-state index contributed by atoms with van der Waals surface area (Å²) in [6.07, 6.45) is 1.73. The van der Waals surface area contributed by atoms with Gasteiger partial charge in [-0.3, -0.25) is 19.2 Å². The van der Waals surface area contributed by atoms with E-state index in [1.165, 1.54) is 21.6 Å². The number of nitrogens with zero attached hydrogens (tertiary/aromatic N) is 3. The third kappa shape index (κ3) is 8.81. The second-order valence-corrected chi connectivity index (χ2v) is 13.5. The highest BCUT2D eigenvalue weighted by molar-refractivity contribution is 7.86. The lowest BCUT2D eigenvalue weighted by Crippen LogP contribution is -2.57. The maximum absolute atomic E-state index is 13.8. The molecule has 47 heavy (non-hydrogen) atoms. The fourth-order valence-electron chi connectivity index (χ4n) is 5.48. The van der Waals surface area contributed by atoms with Crippen molar-refractivity contribution in [2.75, 3.05) is 26.2 Å². The quantitative estimate of drug-likeness (QED) is 0.294. The van der Waals surface area contributed by atoms with Crippen molar-refractivity contribution in [1.82, 2.24) is 35.0 Å². The monoisotopic (exact) mass is 665 g/mol. The van der Waals surface area contributed by atoms with Crippen LogP contribution in [0.3, 0.4) is 0 Å². The predicted octanol–water partition coefficient (Wildman–Crippen LogP) is 0.520. The maximum Gasteiger partial charge on any atom is 0.282 e. The summed E-state index contributed by atoms with van der Waals surface area (Å²) in [5.41, 5.74) is 1.41. The zero-order chi connectivity index (χ0) is 33.4. The van der Waals surface area contributed by atoms with Gasteiger partial charge in [0, 0.05) is 45.1 Å². The number of rotatable bonds is 6. The molecule has 1 saturated heterocycles. The molecular formula is C32H39N7O7S. The van der Waals surface area contributed by atoms with Crippen molar-refractivity contribution in [3.05, 3.63) is 89.3 Å². The molecule has 4 N–H and O–H groups in total. The van der Waals surface area contributed by atoms with E-state index < -0.39 is 52.0 Å². The fourth-order valence-corrected chi connectivity index (χ4v) is 7.14. The molecule has 3 atom stereocenters. The van der Waals surface area contributed by atoms with Crippen LogP contribution in [0, 0.1) is 0 Å². The molecule has 0 aliphatic carbocycles. The second kappa shape index (κ2) is 15.3. The Balaban J connectivity index is 1.45. The summed E-state index contributed by atoms with van der Waals surface area (Å²) in [7, 11) is -3.95. The summed E-state index contributed by atoms with van der Waals surface area (Å²) >= 11 is 0. The van der Waals surface area contributed by atoms with E-state index in [0.717, 1.165) is 24.0 Å². The Morgan fingerprint density at radius 1 is 0.766 bits per heavy atom. The van der Waals surface area contributed by atoms with Crippen molar-refractivity contribution in [2.24, 2.45) is 0 Å². The number of amides is 4. The molecular weight excluding hydrogens is 626 g/mol. The van der Waals surface area contributed by atoms with E-state index in [1.54, 1.807) is 0 Å². The molecule has 0 unspecified atom stereocenters. The summed E-state index contributed by atoms with van der Waals surface area (Å²) in [6.45, 7) is 1.77. The number of hydrogen-bond donors (Lipinski definition) is 4. The Morgan fingerprint density at radius 2 is 1.34 bits per heavy atom. The van der Waals surface area contributed by atoms with Crippen LogP contribution in [-0.4, -0.2) is 90.1 Å². The van der Waals surface area contributed by atoms with Crippen LogP contribution in [0.5, 0.6) is 0 Å². The van der Waals surface area contributed by atoms with Gasteiger partial charge < -0.3 is 25.8 Å². The van der Waals surface area contributed by atoms with Crippen LogP contribution in [0.25, 0.3) is 0 Å². The van der Waals surface area contributed by atoms with Crippen molar-refractivity contribution in [3.8, 4) is 0 Å². The van der Waals surface area contributed by atoms with E-state index in [0.29, 0.717) is 13.1 Å². The number of hydrogen-bond acceptors (Lipinski definition) is 8. The molecule has 2 aromatic carbocycles. The molecule has 5 rings (SSSR count). The number of carbonyl (C=O) groups is 4. The molecule has 0 saturated carbocycles. The number of benzene rings is 2.